The fraction of sp³-hybridized carbons (Fsp3) is 0.222. The molecule has 0 aliphatic carbocycles. The number of fused-ring (bicyclic) bond motifs is 3. The predicted octanol–water partition coefficient (Wildman–Crippen LogP) is 2.48. The summed E-state index contributed by atoms with van der Waals surface area (Å²) in [7, 11) is 1.56. The average molecular weight is 298 g/mol. The van der Waals surface area contributed by atoms with Gasteiger partial charge in [0.25, 0.3) is 0 Å². The fourth-order valence-electron chi connectivity index (χ4n) is 2.88. The highest BCUT2D eigenvalue weighted by molar-refractivity contribution is 6.09. The lowest BCUT2D eigenvalue weighted by Gasteiger charge is -2.14. The Kier molecular flexibility index (Phi) is 3.98. The predicted molar refractivity (Wildman–Crippen MR) is 85.8 cm³/mol. The van der Waals surface area contributed by atoms with Crippen LogP contribution in [0, 0.1) is 0 Å². The molecule has 3 aromatic rings. The van der Waals surface area contributed by atoms with Crippen molar-refractivity contribution in [2.24, 2.45) is 0 Å². The van der Waals surface area contributed by atoms with Gasteiger partial charge in [-0.2, -0.15) is 0 Å². The minimum Gasteiger partial charge on any atom is -0.496 e. The molecule has 22 heavy (non-hydrogen) atoms. The first-order chi connectivity index (χ1) is 10.7. The van der Waals surface area contributed by atoms with Crippen molar-refractivity contribution in [1.82, 2.24) is 0 Å². The van der Waals surface area contributed by atoms with E-state index in [1.165, 1.54) is 0 Å². The molecule has 0 radical (unpaired) electrons. The van der Waals surface area contributed by atoms with Crippen LogP contribution in [0.4, 0.5) is 0 Å². The van der Waals surface area contributed by atoms with Crippen molar-refractivity contribution in [3.05, 3.63) is 53.1 Å². The maximum absolute atomic E-state index is 9.66. The van der Waals surface area contributed by atoms with Crippen LogP contribution >= 0.6 is 0 Å². The summed E-state index contributed by atoms with van der Waals surface area (Å²) in [6.07, 6.45) is 0. The molecule has 0 spiro atoms. The van der Waals surface area contributed by atoms with Gasteiger partial charge >= 0.3 is 0 Å². The Hall–Kier alpha value is -2.14. The zero-order valence-corrected chi connectivity index (χ0v) is 12.3. The summed E-state index contributed by atoms with van der Waals surface area (Å²) in [5.74, 6) is 0.599. The molecule has 0 aromatic heterocycles. The first kappa shape index (κ1) is 14.8. The fourth-order valence-corrected chi connectivity index (χ4v) is 2.88. The second-order valence-electron chi connectivity index (χ2n) is 5.28. The van der Waals surface area contributed by atoms with E-state index in [1.54, 1.807) is 7.11 Å². The second kappa shape index (κ2) is 5.93. The summed E-state index contributed by atoms with van der Waals surface area (Å²) in [6.45, 7) is -0.221. The standard InChI is InChI=1S/C18H18O4/c1-22-18-7-16-13(9-20)5-12-3-2-11(8-19)4-15(12)17(16)6-14(18)10-21/h2-7,19-21H,8-10H2,1H3. The quantitative estimate of drug-likeness (QED) is 0.647. The van der Waals surface area contributed by atoms with E-state index < -0.39 is 0 Å². The molecule has 0 saturated carbocycles. The van der Waals surface area contributed by atoms with Crippen LogP contribution in [0.3, 0.4) is 0 Å². The molecule has 114 valence electrons. The smallest absolute Gasteiger partial charge is 0.125 e. The molecule has 4 nitrogen and oxygen atoms in total. The van der Waals surface area contributed by atoms with E-state index in [4.69, 9.17) is 4.74 Å². The summed E-state index contributed by atoms with van der Waals surface area (Å²) in [5, 5.41) is 32.3. The van der Waals surface area contributed by atoms with Crippen LogP contribution in [0.25, 0.3) is 21.5 Å². The summed E-state index contributed by atoms with van der Waals surface area (Å²) < 4.78 is 5.32. The zero-order chi connectivity index (χ0) is 15.7. The van der Waals surface area contributed by atoms with Crippen LogP contribution in [0.15, 0.2) is 36.4 Å². The van der Waals surface area contributed by atoms with Gasteiger partial charge in [0.1, 0.15) is 5.75 Å². The molecule has 0 aliphatic heterocycles. The van der Waals surface area contributed by atoms with Gasteiger partial charge < -0.3 is 20.1 Å². The first-order valence-electron chi connectivity index (χ1n) is 7.09. The van der Waals surface area contributed by atoms with E-state index in [2.05, 4.69) is 0 Å². The number of aliphatic hydroxyl groups is 3. The van der Waals surface area contributed by atoms with Gasteiger partial charge in [-0.3, -0.25) is 0 Å². The maximum atomic E-state index is 9.66. The molecule has 4 heteroatoms. The number of hydrogen-bond acceptors (Lipinski definition) is 4. The Morgan fingerprint density at radius 2 is 1.55 bits per heavy atom. The van der Waals surface area contributed by atoms with E-state index in [1.807, 2.05) is 36.4 Å². The molecular weight excluding hydrogens is 280 g/mol. The highest BCUT2D eigenvalue weighted by atomic mass is 16.5. The number of benzene rings is 3. The number of methoxy groups -OCH3 is 1. The van der Waals surface area contributed by atoms with Crippen LogP contribution in [0.1, 0.15) is 16.7 Å². The summed E-state index contributed by atoms with van der Waals surface area (Å²) in [5.41, 5.74) is 2.33. The van der Waals surface area contributed by atoms with Crippen molar-refractivity contribution >= 4 is 21.5 Å². The Balaban J connectivity index is 2.46. The monoisotopic (exact) mass is 298 g/mol. The SMILES string of the molecule is COc1cc2c(CO)cc3ccc(CO)cc3c2cc1CO. The molecule has 0 atom stereocenters. The van der Waals surface area contributed by atoms with Crippen molar-refractivity contribution in [2.45, 2.75) is 19.8 Å². The largest absolute Gasteiger partial charge is 0.496 e. The maximum Gasteiger partial charge on any atom is 0.125 e. The van der Waals surface area contributed by atoms with E-state index in [0.29, 0.717) is 11.3 Å². The van der Waals surface area contributed by atoms with Crippen molar-refractivity contribution in [2.75, 3.05) is 7.11 Å². The molecule has 3 N–H and O–H groups in total. The normalized spacial score (nSPS) is 11.3. The lowest BCUT2D eigenvalue weighted by molar-refractivity contribution is 0.274. The van der Waals surface area contributed by atoms with Crippen molar-refractivity contribution in [3.8, 4) is 5.75 Å². The molecule has 0 fully saturated rings. The Bertz CT molecular complexity index is 839. The average Bonchev–Trinajstić information content (AvgIpc) is 2.59. The molecule has 0 aliphatic rings. The van der Waals surface area contributed by atoms with Gasteiger partial charge in [0, 0.05) is 5.56 Å². The van der Waals surface area contributed by atoms with Crippen LogP contribution in [0.5, 0.6) is 5.75 Å². The van der Waals surface area contributed by atoms with E-state index in [9.17, 15) is 15.3 Å². The summed E-state index contributed by atoms with van der Waals surface area (Å²) in [4.78, 5) is 0. The minimum absolute atomic E-state index is 0.0256. The number of ether oxygens (including phenoxy) is 1. The lowest BCUT2D eigenvalue weighted by Crippen LogP contribution is -1.96. The van der Waals surface area contributed by atoms with Crippen molar-refractivity contribution in [1.29, 1.82) is 0 Å². The lowest BCUT2D eigenvalue weighted by atomic mass is 9.94. The number of aliphatic hydroxyl groups excluding tert-OH is 3. The van der Waals surface area contributed by atoms with Crippen LogP contribution in [0.2, 0.25) is 0 Å². The van der Waals surface area contributed by atoms with Gasteiger partial charge in [-0.15, -0.1) is 0 Å². The summed E-state index contributed by atoms with van der Waals surface area (Å²) in [6, 6.07) is 11.4. The van der Waals surface area contributed by atoms with Gasteiger partial charge in [-0.25, -0.2) is 0 Å². The third-order valence-corrected chi connectivity index (χ3v) is 4.03. The van der Waals surface area contributed by atoms with Crippen LogP contribution in [-0.2, 0) is 19.8 Å². The van der Waals surface area contributed by atoms with E-state index in [0.717, 1.165) is 32.7 Å². The topological polar surface area (TPSA) is 69.9 Å². The molecule has 3 rings (SSSR count). The third-order valence-electron chi connectivity index (χ3n) is 4.03. The Labute approximate surface area is 128 Å². The van der Waals surface area contributed by atoms with Crippen molar-refractivity contribution in [3.63, 3.8) is 0 Å². The first-order valence-corrected chi connectivity index (χ1v) is 7.09. The van der Waals surface area contributed by atoms with E-state index in [-0.39, 0.29) is 19.8 Å². The number of rotatable bonds is 4. The third kappa shape index (κ3) is 2.31. The molecule has 0 unspecified atom stereocenters. The molecule has 3 aromatic carbocycles. The number of hydrogen-bond donors (Lipinski definition) is 3. The van der Waals surface area contributed by atoms with Crippen LogP contribution < -0.4 is 4.74 Å². The van der Waals surface area contributed by atoms with E-state index >= 15 is 0 Å². The highest BCUT2D eigenvalue weighted by Crippen LogP contribution is 2.34. The molecular formula is C18H18O4. The Morgan fingerprint density at radius 1 is 0.773 bits per heavy atom. The summed E-state index contributed by atoms with van der Waals surface area (Å²) >= 11 is 0. The van der Waals surface area contributed by atoms with Crippen molar-refractivity contribution < 1.29 is 20.1 Å². The molecule has 0 amide bonds. The van der Waals surface area contributed by atoms with Gasteiger partial charge in [0.15, 0.2) is 0 Å². The molecule has 0 bridgehead atoms. The van der Waals surface area contributed by atoms with Crippen LogP contribution in [-0.4, -0.2) is 22.4 Å². The molecule has 0 heterocycles. The van der Waals surface area contributed by atoms with Gasteiger partial charge in [0.05, 0.1) is 26.9 Å². The molecule has 0 saturated heterocycles. The second-order valence-corrected chi connectivity index (χ2v) is 5.28. The minimum atomic E-state index is -0.121. The van der Waals surface area contributed by atoms with Gasteiger partial charge in [-0.05, 0) is 56.9 Å². The Morgan fingerprint density at radius 3 is 2.18 bits per heavy atom. The van der Waals surface area contributed by atoms with Gasteiger partial charge in [0.2, 0.25) is 0 Å². The highest BCUT2D eigenvalue weighted by Gasteiger charge is 2.11. The zero-order valence-electron chi connectivity index (χ0n) is 12.3. The van der Waals surface area contributed by atoms with Gasteiger partial charge in [-0.1, -0.05) is 12.1 Å².